The van der Waals surface area contributed by atoms with Crippen molar-refractivity contribution < 1.29 is 9.21 Å². The maximum absolute atomic E-state index is 12.4. The van der Waals surface area contributed by atoms with Crippen LogP contribution in [-0.4, -0.2) is 34.2 Å². The molecule has 0 spiro atoms. The summed E-state index contributed by atoms with van der Waals surface area (Å²) in [6, 6.07) is 7.78. The van der Waals surface area contributed by atoms with Crippen LogP contribution in [-0.2, 0) is 0 Å². The summed E-state index contributed by atoms with van der Waals surface area (Å²) in [4.78, 5) is 14.2. The molecule has 2 aromatic rings. The van der Waals surface area contributed by atoms with Crippen LogP contribution < -0.4 is 5.32 Å². The monoisotopic (exact) mass is 328 g/mol. The molecule has 128 valence electrons. The van der Waals surface area contributed by atoms with Crippen molar-refractivity contribution in [3.63, 3.8) is 0 Å². The van der Waals surface area contributed by atoms with Gasteiger partial charge in [-0.2, -0.15) is 0 Å². The van der Waals surface area contributed by atoms with Gasteiger partial charge in [0.1, 0.15) is 0 Å². The second-order valence-corrected chi connectivity index (χ2v) is 6.69. The molecule has 0 aliphatic carbocycles. The number of amides is 2. The molecule has 1 saturated heterocycles. The van der Waals surface area contributed by atoms with Crippen molar-refractivity contribution in [1.82, 2.24) is 15.1 Å². The van der Waals surface area contributed by atoms with E-state index in [0.717, 1.165) is 24.1 Å². The van der Waals surface area contributed by atoms with Crippen LogP contribution in [0.25, 0.3) is 0 Å². The number of hydrogen-bond donors (Lipinski definition) is 1. The third kappa shape index (κ3) is 3.75. The van der Waals surface area contributed by atoms with E-state index < -0.39 is 0 Å². The molecule has 1 aromatic heterocycles. The van der Waals surface area contributed by atoms with Crippen LogP contribution in [0.4, 0.5) is 10.5 Å². The van der Waals surface area contributed by atoms with E-state index in [1.807, 2.05) is 49.9 Å². The van der Waals surface area contributed by atoms with E-state index >= 15 is 0 Å². The minimum Gasteiger partial charge on any atom is -0.425 e. The van der Waals surface area contributed by atoms with Gasteiger partial charge in [-0.15, -0.1) is 10.2 Å². The van der Waals surface area contributed by atoms with Crippen molar-refractivity contribution in [2.75, 3.05) is 18.4 Å². The minimum atomic E-state index is -0.0487. The smallest absolute Gasteiger partial charge is 0.321 e. The molecule has 0 bridgehead atoms. The lowest BCUT2D eigenvalue weighted by Gasteiger charge is -2.30. The molecule has 24 heavy (non-hydrogen) atoms. The molecule has 1 aliphatic rings. The number of rotatable bonds is 3. The fourth-order valence-corrected chi connectivity index (χ4v) is 2.90. The van der Waals surface area contributed by atoms with Crippen molar-refractivity contribution in [3.05, 3.63) is 41.6 Å². The Morgan fingerprint density at radius 2 is 2.04 bits per heavy atom. The quantitative estimate of drug-likeness (QED) is 0.927. The highest BCUT2D eigenvalue weighted by atomic mass is 16.4. The number of hydrogen-bond acceptors (Lipinski definition) is 4. The summed E-state index contributed by atoms with van der Waals surface area (Å²) in [5.74, 6) is 1.88. The Morgan fingerprint density at radius 1 is 1.29 bits per heavy atom. The predicted molar refractivity (Wildman–Crippen MR) is 92.1 cm³/mol. The average Bonchev–Trinajstić information content (AvgIpc) is 3.05. The third-order valence-electron chi connectivity index (χ3n) is 4.35. The van der Waals surface area contributed by atoms with Crippen molar-refractivity contribution in [1.29, 1.82) is 0 Å². The first-order valence-electron chi connectivity index (χ1n) is 8.49. The van der Waals surface area contributed by atoms with Crippen LogP contribution >= 0.6 is 0 Å². The molecule has 2 amide bonds. The number of aromatic nitrogens is 2. The highest BCUT2D eigenvalue weighted by Gasteiger charge is 2.27. The fraction of sp³-hybridized carbons (Fsp3) is 0.500. The number of benzene rings is 1. The van der Waals surface area contributed by atoms with Crippen LogP contribution in [0.3, 0.4) is 0 Å². The first kappa shape index (κ1) is 16.5. The lowest BCUT2D eigenvalue weighted by atomic mass is 9.97. The number of aryl methyl sites for hydroxylation is 1. The minimum absolute atomic E-state index is 0.0487. The van der Waals surface area contributed by atoms with Gasteiger partial charge in [0.25, 0.3) is 0 Å². The Bertz CT molecular complexity index is 703. The van der Waals surface area contributed by atoms with Crippen LogP contribution in [0.5, 0.6) is 0 Å². The summed E-state index contributed by atoms with van der Waals surface area (Å²) in [5.41, 5.74) is 1.96. The highest BCUT2D eigenvalue weighted by Crippen LogP contribution is 2.28. The van der Waals surface area contributed by atoms with Crippen LogP contribution in [0.2, 0.25) is 0 Å². The van der Waals surface area contributed by atoms with Crippen molar-refractivity contribution in [3.8, 4) is 0 Å². The number of piperidine rings is 1. The first-order valence-corrected chi connectivity index (χ1v) is 8.49. The van der Waals surface area contributed by atoms with Gasteiger partial charge in [-0.05, 0) is 37.5 Å². The number of nitrogens with zero attached hydrogens (tertiary/aromatic N) is 3. The van der Waals surface area contributed by atoms with E-state index in [-0.39, 0.29) is 17.9 Å². The molecular weight excluding hydrogens is 304 g/mol. The van der Waals surface area contributed by atoms with E-state index in [2.05, 4.69) is 15.5 Å². The Balaban J connectivity index is 1.55. The molecule has 1 aromatic carbocycles. The molecule has 1 aliphatic heterocycles. The summed E-state index contributed by atoms with van der Waals surface area (Å²) < 4.78 is 5.75. The van der Waals surface area contributed by atoms with Crippen molar-refractivity contribution in [2.45, 2.75) is 45.4 Å². The zero-order valence-corrected chi connectivity index (χ0v) is 14.5. The molecule has 1 N–H and O–H groups in total. The Morgan fingerprint density at radius 3 is 2.67 bits per heavy atom. The molecule has 1 fully saturated rings. The van der Waals surface area contributed by atoms with Gasteiger partial charge < -0.3 is 14.6 Å². The highest BCUT2D eigenvalue weighted by molar-refractivity contribution is 5.89. The lowest BCUT2D eigenvalue weighted by Crippen LogP contribution is -2.40. The average molecular weight is 328 g/mol. The molecule has 0 radical (unpaired) electrons. The molecule has 0 saturated carbocycles. The summed E-state index contributed by atoms with van der Waals surface area (Å²) in [5, 5.41) is 11.2. The first-order chi connectivity index (χ1) is 11.5. The van der Waals surface area contributed by atoms with E-state index in [9.17, 15) is 4.79 Å². The van der Waals surface area contributed by atoms with Gasteiger partial charge in [0.2, 0.25) is 11.8 Å². The second-order valence-electron chi connectivity index (χ2n) is 6.69. The van der Waals surface area contributed by atoms with Gasteiger partial charge >= 0.3 is 6.03 Å². The van der Waals surface area contributed by atoms with E-state index in [1.54, 1.807) is 0 Å². The molecule has 3 rings (SSSR count). The Hall–Kier alpha value is -2.37. The van der Waals surface area contributed by atoms with Gasteiger partial charge in [-0.3, -0.25) is 0 Å². The number of urea groups is 1. The number of likely N-dealkylation sites (tertiary alicyclic amines) is 1. The summed E-state index contributed by atoms with van der Waals surface area (Å²) in [7, 11) is 0. The zero-order valence-electron chi connectivity index (χ0n) is 14.5. The summed E-state index contributed by atoms with van der Waals surface area (Å²) >= 11 is 0. The SMILES string of the molecule is Cc1cccc(NC(=O)N2CCC(c3nnc(C(C)C)o3)CC2)c1. The van der Waals surface area contributed by atoms with E-state index in [4.69, 9.17) is 4.42 Å². The molecule has 6 heteroatoms. The number of carbonyl (C=O) groups is 1. The maximum atomic E-state index is 12.4. The fourth-order valence-electron chi connectivity index (χ4n) is 2.90. The molecule has 6 nitrogen and oxygen atoms in total. The van der Waals surface area contributed by atoms with Gasteiger partial charge in [0, 0.05) is 30.6 Å². The molecule has 2 heterocycles. The predicted octanol–water partition coefficient (Wildman–Crippen LogP) is 3.91. The standard InChI is InChI=1S/C18H24N4O2/c1-12(2)16-20-21-17(24-16)14-7-9-22(10-8-14)18(23)19-15-6-4-5-13(3)11-15/h4-6,11-12,14H,7-10H2,1-3H3,(H,19,23). The van der Waals surface area contributed by atoms with Gasteiger partial charge in [-0.25, -0.2) is 4.79 Å². The van der Waals surface area contributed by atoms with Gasteiger partial charge in [0.15, 0.2) is 0 Å². The number of carbonyl (C=O) groups excluding carboxylic acids is 1. The number of anilines is 1. The summed E-state index contributed by atoms with van der Waals surface area (Å²) in [6.45, 7) is 7.48. The third-order valence-corrected chi connectivity index (χ3v) is 4.35. The lowest BCUT2D eigenvalue weighted by molar-refractivity contribution is 0.189. The molecule has 0 atom stereocenters. The molecular formula is C18H24N4O2. The Labute approximate surface area is 142 Å². The van der Waals surface area contributed by atoms with Crippen LogP contribution in [0.15, 0.2) is 28.7 Å². The van der Waals surface area contributed by atoms with E-state index in [0.29, 0.717) is 24.9 Å². The van der Waals surface area contributed by atoms with Crippen LogP contribution in [0.1, 0.15) is 55.9 Å². The summed E-state index contributed by atoms with van der Waals surface area (Å²) in [6.07, 6.45) is 1.70. The molecule has 0 unspecified atom stereocenters. The Kier molecular flexibility index (Phi) is 4.83. The van der Waals surface area contributed by atoms with Crippen molar-refractivity contribution >= 4 is 11.7 Å². The topological polar surface area (TPSA) is 71.3 Å². The van der Waals surface area contributed by atoms with Gasteiger partial charge in [0.05, 0.1) is 0 Å². The van der Waals surface area contributed by atoms with E-state index in [1.165, 1.54) is 0 Å². The van der Waals surface area contributed by atoms with Crippen molar-refractivity contribution in [2.24, 2.45) is 0 Å². The van der Waals surface area contributed by atoms with Crippen LogP contribution in [0, 0.1) is 6.92 Å². The zero-order chi connectivity index (χ0) is 17.1. The largest absolute Gasteiger partial charge is 0.425 e. The number of nitrogens with one attached hydrogen (secondary N) is 1. The second kappa shape index (κ2) is 7.03. The maximum Gasteiger partial charge on any atom is 0.321 e. The van der Waals surface area contributed by atoms with Gasteiger partial charge in [-0.1, -0.05) is 26.0 Å². The normalized spacial score (nSPS) is 15.8.